The van der Waals surface area contributed by atoms with Crippen LogP contribution in [0.4, 0.5) is 0 Å². The Morgan fingerprint density at radius 2 is 1.80 bits per heavy atom. The van der Waals surface area contributed by atoms with E-state index in [1.165, 1.54) is 4.90 Å². The molecule has 2 rings (SSSR count). The number of nitrogens with one attached hydrogen (secondary N) is 1. The monoisotopic (exact) mass is 216 g/mol. The first-order valence-corrected chi connectivity index (χ1v) is 5.14. The van der Waals surface area contributed by atoms with Gasteiger partial charge in [0, 0.05) is 19.6 Å². The van der Waals surface area contributed by atoms with Crippen molar-refractivity contribution in [2.24, 2.45) is 0 Å². The van der Waals surface area contributed by atoms with Crippen LogP contribution >= 0.6 is 0 Å². The first-order chi connectivity index (χ1) is 7.08. The van der Waals surface area contributed by atoms with E-state index < -0.39 is 18.3 Å². The Hall–Kier alpha value is -0.690. The highest BCUT2D eigenvalue weighted by atomic mass is 16.3. The fourth-order valence-corrected chi connectivity index (χ4v) is 2.07. The summed E-state index contributed by atoms with van der Waals surface area (Å²) < 4.78 is 0. The summed E-state index contributed by atoms with van der Waals surface area (Å²) in [7, 11) is 0. The Bertz CT molecular complexity index is 250. The zero-order valence-electron chi connectivity index (χ0n) is 8.33. The number of β-amino-alcohol motifs (C(OH)–C–C–N with tert-alkyl or cyclic N) is 3. The third-order valence-corrected chi connectivity index (χ3v) is 2.98. The Balaban J connectivity index is 1.92. The maximum absolute atomic E-state index is 11.8. The van der Waals surface area contributed by atoms with Gasteiger partial charge < -0.3 is 25.5 Å². The summed E-state index contributed by atoms with van der Waals surface area (Å²) >= 11 is 0. The first kappa shape index (κ1) is 10.8. The van der Waals surface area contributed by atoms with Crippen molar-refractivity contribution in [2.75, 3.05) is 19.6 Å². The standard InChI is InChI=1S/C9H16N2O4/c12-5-1-6(10-2-5)9(15)11-3-7(13)8(14)4-11/h5-8,10,12-14H,1-4H2. The molecule has 0 aliphatic carbocycles. The fourth-order valence-electron chi connectivity index (χ4n) is 2.07. The second-order valence-corrected chi connectivity index (χ2v) is 4.23. The van der Waals surface area contributed by atoms with Crippen molar-refractivity contribution < 1.29 is 20.1 Å². The fraction of sp³-hybridized carbons (Fsp3) is 0.889. The number of aliphatic hydroxyl groups excluding tert-OH is 3. The molecule has 2 saturated heterocycles. The molecule has 0 aromatic rings. The normalized spacial score (nSPS) is 41.1. The van der Waals surface area contributed by atoms with E-state index in [9.17, 15) is 20.1 Å². The average molecular weight is 216 g/mol. The summed E-state index contributed by atoms with van der Waals surface area (Å²) in [6.07, 6.45) is -1.77. The van der Waals surface area contributed by atoms with Gasteiger partial charge in [-0.1, -0.05) is 0 Å². The van der Waals surface area contributed by atoms with Gasteiger partial charge in [-0.2, -0.15) is 0 Å². The number of likely N-dealkylation sites (tertiary alicyclic amines) is 1. The average Bonchev–Trinajstić information content (AvgIpc) is 2.74. The highest BCUT2D eigenvalue weighted by Crippen LogP contribution is 2.15. The van der Waals surface area contributed by atoms with Gasteiger partial charge in [-0.05, 0) is 6.42 Å². The van der Waals surface area contributed by atoms with E-state index in [1.54, 1.807) is 0 Å². The summed E-state index contributed by atoms with van der Waals surface area (Å²) in [5.74, 6) is -0.151. The number of carbonyl (C=O) groups is 1. The Kier molecular flexibility index (Phi) is 2.92. The largest absolute Gasteiger partial charge is 0.392 e. The molecule has 0 aromatic heterocycles. The van der Waals surface area contributed by atoms with Crippen molar-refractivity contribution in [3.63, 3.8) is 0 Å². The summed E-state index contributed by atoms with van der Waals surface area (Å²) in [5, 5.41) is 30.8. The van der Waals surface area contributed by atoms with Gasteiger partial charge in [0.2, 0.25) is 5.91 Å². The lowest BCUT2D eigenvalue weighted by molar-refractivity contribution is -0.132. The van der Waals surface area contributed by atoms with Crippen LogP contribution in [0.15, 0.2) is 0 Å². The van der Waals surface area contributed by atoms with Crippen molar-refractivity contribution in [1.29, 1.82) is 0 Å². The molecule has 6 nitrogen and oxygen atoms in total. The number of rotatable bonds is 1. The van der Waals surface area contributed by atoms with Crippen LogP contribution in [0.5, 0.6) is 0 Å². The lowest BCUT2D eigenvalue weighted by atomic mass is 10.2. The number of hydrogen-bond donors (Lipinski definition) is 4. The molecule has 86 valence electrons. The van der Waals surface area contributed by atoms with Crippen molar-refractivity contribution in [1.82, 2.24) is 10.2 Å². The van der Waals surface area contributed by atoms with Crippen LogP contribution in [0.25, 0.3) is 0 Å². The number of amides is 1. The van der Waals surface area contributed by atoms with Crippen molar-refractivity contribution in [3.05, 3.63) is 0 Å². The minimum Gasteiger partial charge on any atom is -0.392 e. The van der Waals surface area contributed by atoms with E-state index in [1.807, 2.05) is 0 Å². The third kappa shape index (κ3) is 2.12. The molecule has 2 aliphatic rings. The van der Waals surface area contributed by atoms with Gasteiger partial charge in [0.05, 0.1) is 24.4 Å². The van der Waals surface area contributed by atoms with Gasteiger partial charge in [0.1, 0.15) is 0 Å². The van der Waals surface area contributed by atoms with Gasteiger partial charge in [-0.25, -0.2) is 0 Å². The number of nitrogens with zero attached hydrogens (tertiary/aromatic N) is 1. The molecule has 4 atom stereocenters. The van der Waals surface area contributed by atoms with E-state index in [-0.39, 0.29) is 25.0 Å². The Morgan fingerprint density at radius 3 is 2.27 bits per heavy atom. The molecule has 15 heavy (non-hydrogen) atoms. The second kappa shape index (κ2) is 4.05. The zero-order valence-corrected chi connectivity index (χ0v) is 8.33. The molecule has 1 amide bonds. The van der Waals surface area contributed by atoms with Gasteiger partial charge in [0.15, 0.2) is 0 Å². The minimum atomic E-state index is -0.847. The molecule has 2 aliphatic heterocycles. The number of aliphatic hydroxyl groups is 3. The van der Waals surface area contributed by atoms with Crippen LogP contribution in [-0.2, 0) is 4.79 Å². The molecule has 2 fully saturated rings. The summed E-state index contributed by atoms with van der Waals surface area (Å²) in [4.78, 5) is 13.2. The van der Waals surface area contributed by atoms with Gasteiger partial charge >= 0.3 is 0 Å². The van der Waals surface area contributed by atoms with Crippen molar-refractivity contribution in [3.8, 4) is 0 Å². The van der Waals surface area contributed by atoms with Crippen LogP contribution in [0, 0.1) is 0 Å². The van der Waals surface area contributed by atoms with Gasteiger partial charge in [-0.15, -0.1) is 0 Å². The van der Waals surface area contributed by atoms with Crippen LogP contribution in [0.1, 0.15) is 6.42 Å². The molecular formula is C9H16N2O4. The molecule has 0 bridgehead atoms. The third-order valence-electron chi connectivity index (χ3n) is 2.98. The van der Waals surface area contributed by atoms with E-state index in [4.69, 9.17) is 0 Å². The topological polar surface area (TPSA) is 93.0 Å². The zero-order chi connectivity index (χ0) is 11.0. The molecule has 0 radical (unpaired) electrons. The molecular weight excluding hydrogens is 200 g/mol. The quantitative estimate of drug-likeness (QED) is 0.382. The lowest BCUT2D eigenvalue weighted by Crippen LogP contribution is -2.43. The van der Waals surface area contributed by atoms with E-state index in [2.05, 4.69) is 5.32 Å². The van der Waals surface area contributed by atoms with Crippen LogP contribution in [0.2, 0.25) is 0 Å². The molecule has 4 N–H and O–H groups in total. The maximum atomic E-state index is 11.8. The number of hydrogen-bond acceptors (Lipinski definition) is 5. The molecule has 6 heteroatoms. The maximum Gasteiger partial charge on any atom is 0.239 e. The molecule has 0 spiro atoms. The SMILES string of the molecule is O=C(C1CC(O)CN1)N1CC(O)C(O)C1. The minimum absolute atomic E-state index is 0.151. The van der Waals surface area contributed by atoms with Crippen molar-refractivity contribution in [2.45, 2.75) is 30.8 Å². The highest BCUT2D eigenvalue weighted by Gasteiger charge is 2.37. The summed E-state index contributed by atoms with van der Waals surface area (Å²) in [6, 6.07) is -0.377. The smallest absolute Gasteiger partial charge is 0.239 e. The van der Waals surface area contributed by atoms with E-state index in [0.29, 0.717) is 13.0 Å². The predicted molar refractivity (Wildman–Crippen MR) is 51.0 cm³/mol. The molecule has 0 aromatic carbocycles. The predicted octanol–water partition coefficient (Wildman–Crippen LogP) is -2.73. The summed E-state index contributed by atoms with van der Waals surface area (Å²) in [5.41, 5.74) is 0. The van der Waals surface area contributed by atoms with E-state index >= 15 is 0 Å². The van der Waals surface area contributed by atoms with Gasteiger partial charge in [-0.3, -0.25) is 4.79 Å². The summed E-state index contributed by atoms with van der Waals surface area (Å²) in [6.45, 7) is 0.776. The molecule has 4 unspecified atom stereocenters. The second-order valence-electron chi connectivity index (χ2n) is 4.23. The highest BCUT2D eigenvalue weighted by molar-refractivity contribution is 5.82. The van der Waals surface area contributed by atoms with Crippen molar-refractivity contribution >= 4 is 5.91 Å². The Labute approximate surface area is 87.5 Å². The lowest BCUT2D eigenvalue weighted by Gasteiger charge is -2.19. The molecule has 0 saturated carbocycles. The van der Waals surface area contributed by atoms with Crippen LogP contribution < -0.4 is 5.32 Å². The molecule has 2 heterocycles. The van der Waals surface area contributed by atoms with Crippen LogP contribution in [0.3, 0.4) is 0 Å². The van der Waals surface area contributed by atoms with E-state index in [0.717, 1.165) is 0 Å². The van der Waals surface area contributed by atoms with Crippen LogP contribution in [-0.4, -0.2) is 70.1 Å². The number of carbonyl (C=O) groups excluding carboxylic acids is 1. The van der Waals surface area contributed by atoms with Gasteiger partial charge in [0.25, 0.3) is 0 Å². The first-order valence-electron chi connectivity index (χ1n) is 5.14. The Morgan fingerprint density at radius 1 is 1.20 bits per heavy atom.